The lowest BCUT2D eigenvalue weighted by Gasteiger charge is -2.09. The molecule has 5 aromatic rings. The van der Waals surface area contributed by atoms with Crippen LogP contribution in [-0.4, -0.2) is 31.0 Å². The molecule has 0 atom stereocenters. The molecule has 7 nitrogen and oxygen atoms in total. The Hall–Kier alpha value is -3.78. The van der Waals surface area contributed by atoms with Gasteiger partial charge in [0.25, 0.3) is 5.56 Å². The Kier molecular flexibility index (Phi) is 5.28. The first-order valence-corrected chi connectivity index (χ1v) is 11.2. The second kappa shape index (κ2) is 8.39. The summed E-state index contributed by atoms with van der Waals surface area (Å²) in [6.07, 6.45) is 6.15. The normalized spacial score (nSPS) is 12.0. The van der Waals surface area contributed by atoms with E-state index in [0.29, 0.717) is 16.1 Å². The van der Waals surface area contributed by atoms with Crippen molar-refractivity contribution in [1.82, 2.24) is 24.4 Å². The minimum atomic E-state index is -0.180. The predicted octanol–water partition coefficient (Wildman–Crippen LogP) is 3.65. The highest BCUT2D eigenvalue weighted by atomic mass is 32.1. The maximum absolute atomic E-state index is 12.7. The fraction of sp³-hybridized carbons (Fsp3) is 0.167. The number of nitrogens with zero attached hydrogens (tertiary/aromatic N) is 5. The van der Waals surface area contributed by atoms with Crippen LogP contribution in [0.15, 0.2) is 65.8 Å². The van der Waals surface area contributed by atoms with E-state index in [4.69, 9.17) is 9.84 Å². The lowest BCUT2D eigenvalue weighted by molar-refractivity contribution is 0.315. The molecule has 5 rings (SSSR count). The molecule has 32 heavy (non-hydrogen) atoms. The van der Waals surface area contributed by atoms with Crippen LogP contribution in [0.25, 0.3) is 28.0 Å². The van der Waals surface area contributed by atoms with Gasteiger partial charge in [-0.05, 0) is 55.3 Å². The zero-order valence-corrected chi connectivity index (χ0v) is 18.5. The highest BCUT2D eigenvalue weighted by Crippen LogP contribution is 2.29. The summed E-state index contributed by atoms with van der Waals surface area (Å²) in [5, 5.41) is 8.87. The van der Waals surface area contributed by atoms with Crippen molar-refractivity contribution in [3.8, 4) is 22.7 Å². The summed E-state index contributed by atoms with van der Waals surface area (Å²) < 4.78 is 9.55. The average molecular weight is 444 g/mol. The van der Waals surface area contributed by atoms with Gasteiger partial charge in [-0.2, -0.15) is 14.7 Å². The van der Waals surface area contributed by atoms with Gasteiger partial charge in [-0.3, -0.25) is 4.79 Å². The molecule has 160 valence electrons. The summed E-state index contributed by atoms with van der Waals surface area (Å²) in [5.74, 6) is 0.871. The van der Waals surface area contributed by atoms with E-state index in [2.05, 4.69) is 23.1 Å². The highest BCUT2D eigenvalue weighted by molar-refractivity contribution is 7.15. The molecule has 0 aliphatic rings. The third-order valence-corrected chi connectivity index (χ3v) is 6.05. The van der Waals surface area contributed by atoms with Crippen molar-refractivity contribution in [3.05, 3.63) is 87.1 Å². The number of para-hydroxylation sites is 1. The summed E-state index contributed by atoms with van der Waals surface area (Å²) in [7, 11) is 0. The number of fused-ring (bicyclic) bond motifs is 1. The molecular weight excluding hydrogens is 422 g/mol. The number of aromatic nitrogens is 5. The second-order valence-electron chi connectivity index (χ2n) is 7.41. The van der Waals surface area contributed by atoms with Crippen LogP contribution < -0.4 is 14.8 Å². The Bertz CT molecular complexity index is 1500. The number of ether oxygens (including phenoxy) is 1. The summed E-state index contributed by atoms with van der Waals surface area (Å²) in [5.41, 5.74) is 4.39. The number of thiazole rings is 1. The van der Waals surface area contributed by atoms with Crippen molar-refractivity contribution in [2.45, 2.75) is 20.3 Å². The van der Waals surface area contributed by atoms with Gasteiger partial charge in [0, 0.05) is 17.3 Å². The molecule has 0 radical (unpaired) electrons. The van der Waals surface area contributed by atoms with E-state index in [0.717, 1.165) is 40.2 Å². The van der Waals surface area contributed by atoms with E-state index in [1.807, 2.05) is 66.3 Å². The fourth-order valence-corrected chi connectivity index (χ4v) is 4.39. The first kappa shape index (κ1) is 20.1. The van der Waals surface area contributed by atoms with Crippen LogP contribution in [0, 0.1) is 6.92 Å². The van der Waals surface area contributed by atoms with Crippen molar-refractivity contribution in [2.24, 2.45) is 0 Å². The summed E-state index contributed by atoms with van der Waals surface area (Å²) >= 11 is 1.31. The Morgan fingerprint density at radius 2 is 2.00 bits per heavy atom. The minimum absolute atomic E-state index is 0.180. The van der Waals surface area contributed by atoms with Gasteiger partial charge in [0.2, 0.25) is 4.96 Å². The van der Waals surface area contributed by atoms with Crippen molar-refractivity contribution >= 4 is 22.4 Å². The van der Waals surface area contributed by atoms with Crippen molar-refractivity contribution in [1.29, 1.82) is 0 Å². The van der Waals surface area contributed by atoms with Crippen LogP contribution in [0.5, 0.6) is 5.75 Å². The van der Waals surface area contributed by atoms with Crippen LogP contribution in [0.4, 0.5) is 0 Å². The van der Waals surface area contributed by atoms with E-state index in [-0.39, 0.29) is 5.56 Å². The smallest absolute Gasteiger partial charge is 0.291 e. The second-order valence-corrected chi connectivity index (χ2v) is 8.42. The molecule has 0 amide bonds. The van der Waals surface area contributed by atoms with Gasteiger partial charge in [0.15, 0.2) is 0 Å². The Morgan fingerprint density at radius 1 is 1.16 bits per heavy atom. The number of aryl methyl sites for hydroxylation is 1. The van der Waals surface area contributed by atoms with Gasteiger partial charge in [0.1, 0.15) is 17.8 Å². The first-order valence-electron chi connectivity index (χ1n) is 10.4. The maximum atomic E-state index is 12.7. The molecular formula is C24H21N5O2S. The molecule has 0 aliphatic carbocycles. The van der Waals surface area contributed by atoms with E-state index < -0.39 is 0 Å². The molecule has 2 aromatic carbocycles. The third-order valence-electron chi connectivity index (χ3n) is 5.08. The molecule has 0 saturated heterocycles. The van der Waals surface area contributed by atoms with Gasteiger partial charge in [-0.15, -0.1) is 0 Å². The molecule has 0 fully saturated rings. The minimum Gasteiger partial charge on any atom is -0.493 e. The molecule has 0 N–H and O–H groups in total. The molecule has 3 heterocycles. The van der Waals surface area contributed by atoms with Crippen LogP contribution in [0.3, 0.4) is 0 Å². The number of benzene rings is 2. The van der Waals surface area contributed by atoms with E-state index >= 15 is 0 Å². The molecule has 8 heteroatoms. The van der Waals surface area contributed by atoms with Gasteiger partial charge in [0.05, 0.1) is 16.8 Å². The predicted molar refractivity (Wildman–Crippen MR) is 125 cm³/mol. The average Bonchev–Trinajstić information content (AvgIpc) is 3.51. The number of hydrogen-bond donors (Lipinski definition) is 0. The topological polar surface area (TPSA) is 74.3 Å². The van der Waals surface area contributed by atoms with E-state index in [9.17, 15) is 4.79 Å². The molecule has 0 bridgehead atoms. The Morgan fingerprint density at radius 3 is 2.75 bits per heavy atom. The van der Waals surface area contributed by atoms with Crippen LogP contribution in [-0.2, 0) is 0 Å². The largest absolute Gasteiger partial charge is 0.493 e. The van der Waals surface area contributed by atoms with Crippen LogP contribution >= 0.6 is 11.3 Å². The SMILES string of the molecule is CCCOc1ccc(-c2nn(-c3ccccc3)cc2C=c2sc3ncnn3c2=O)cc1C. The summed E-state index contributed by atoms with van der Waals surface area (Å²) in [6.45, 7) is 4.80. The summed E-state index contributed by atoms with van der Waals surface area (Å²) in [4.78, 5) is 17.4. The van der Waals surface area contributed by atoms with Gasteiger partial charge >= 0.3 is 0 Å². The lowest BCUT2D eigenvalue weighted by atomic mass is 10.0. The zero-order chi connectivity index (χ0) is 22.1. The van der Waals surface area contributed by atoms with Crippen molar-refractivity contribution in [2.75, 3.05) is 6.61 Å². The van der Waals surface area contributed by atoms with Crippen LogP contribution in [0.2, 0.25) is 0 Å². The van der Waals surface area contributed by atoms with Gasteiger partial charge in [-0.25, -0.2) is 9.67 Å². The maximum Gasteiger partial charge on any atom is 0.291 e. The van der Waals surface area contributed by atoms with Crippen molar-refractivity contribution in [3.63, 3.8) is 0 Å². The van der Waals surface area contributed by atoms with Crippen molar-refractivity contribution < 1.29 is 4.74 Å². The lowest BCUT2D eigenvalue weighted by Crippen LogP contribution is -2.23. The molecule has 3 aromatic heterocycles. The Labute approximate surface area is 188 Å². The standard InChI is InChI=1S/C24H21N5O2S/c1-3-11-31-20-10-9-17(12-16(20)2)22-18(14-28(27-22)19-7-5-4-6-8-19)13-21-23(30)29-24(32-21)25-15-26-29/h4-10,12-15H,3,11H2,1-2H3. The molecule has 0 spiro atoms. The van der Waals surface area contributed by atoms with E-state index in [1.54, 1.807) is 0 Å². The Balaban J connectivity index is 1.66. The third kappa shape index (κ3) is 3.69. The van der Waals surface area contributed by atoms with Gasteiger partial charge in [-0.1, -0.05) is 36.5 Å². The van der Waals surface area contributed by atoms with E-state index in [1.165, 1.54) is 22.2 Å². The number of hydrogen-bond acceptors (Lipinski definition) is 6. The number of rotatable bonds is 6. The quantitative estimate of drug-likeness (QED) is 0.401. The fourth-order valence-electron chi connectivity index (χ4n) is 3.52. The molecule has 0 aliphatic heterocycles. The highest BCUT2D eigenvalue weighted by Gasteiger charge is 2.14. The monoisotopic (exact) mass is 443 g/mol. The summed E-state index contributed by atoms with van der Waals surface area (Å²) in [6, 6.07) is 16.0. The zero-order valence-electron chi connectivity index (χ0n) is 17.7. The molecule has 0 saturated carbocycles. The first-order chi connectivity index (χ1) is 15.6. The van der Waals surface area contributed by atoms with Crippen LogP contribution in [0.1, 0.15) is 24.5 Å². The molecule has 0 unspecified atom stereocenters. The van der Waals surface area contributed by atoms with Gasteiger partial charge < -0.3 is 4.74 Å².